The molecule has 14 heavy (non-hydrogen) atoms. The normalized spacial score (nSPS) is 19.1. The SMILES string of the molecule is COC(=O)C1CCc2ccc(Br)cc21. The minimum atomic E-state index is -0.123. The molecule has 2 nitrogen and oxygen atoms in total. The number of esters is 1. The third-order valence-corrected chi connectivity index (χ3v) is 3.16. The highest BCUT2D eigenvalue weighted by Crippen LogP contribution is 2.35. The van der Waals surface area contributed by atoms with E-state index in [-0.39, 0.29) is 11.9 Å². The minimum Gasteiger partial charge on any atom is -0.469 e. The number of ether oxygens (including phenoxy) is 1. The Labute approximate surface area is 91.4 Å². The van der Waals surface area contributed by atoms with Crippen molar-refractivity contribution in [2.24, 2.45) is 0 Å². The molecule has 1 atom stereocenters. The highest BCUT2D eigenvalue weighted by Gasteiger charge is 2.29. The molecule has 0 spiro atoms. The summed E-state index contributed by atoms with van der Waals surface area (Å²) in [6.45, 7) is 0. The molecule has 1 unspecified atom stereocenters. The number of carbonyl (C=O) groups is 1. The van der Waals surface area contributed by atoms with Crippen LogP contribution in [0, 0.1) is 0 Å². The standard InChI is InChI=1S/C11H11BrO2/c1-14-11(13)9-5-3-7-2-4-8(12)6-10(7)9/h2,4,6,9H,3,5H2,1H3. The first kappa shape index (κ1) is 9.71. The van der Waals surface area contributed by atoms with E-state index >= 15 is 0 Å². The molecule has 1 aliphatic rings. The number of rotatable bonds is 1. The summed E-state index contributed by atoms with van der Waals surface area (Å²) in [5.74, 6) is -0.186. The van der Waals surface area contributed by atoms with Crippen LogP contribution in [0.1, 0.15) is 23.5 Å². The summed E-state index contributed by atoms with van der Waals surface area (Å²) < 4.78 is 5.80. The van der Waals surface area contributed by atoms with Gasteiger partial charge in [0, 0.05) is 4.47 Å². The summed E-state index contributed by atoms with van der Waals surface area (Å²) in [4.78, 5) is 11.5. The molecule has 2 rings (SSSR count). The van der Waals surface area contributed by atoms with Gasteiger partial charge in [-0.2, -0.15) is 0 Å². The molecule has 3 heteroatoms. The number of hydrogen-bond donors (Lipinski definition) is 0. The maximum Gasteiger partial charge on any atom is 0.313 e. The Morgan fingerprint density at radius 1 is 1.57 bits per heavy atom. The molecule has 0 aromatic heterocycles. The number of carbonyl (C=O) groups excluding carboxylic acids is 1. The van der Waals surface area contributed by atoms with Crippen LogP contribution in [0.2, 0.25) is 0 Å². The second-order valence-corrected chi connectivity index (χ2v) is 4.37. The van der Waals surface area contributed by atoms with Gasteiger partial charge in [0.05, 0.1) is 13.0 Å². The molecular weight excluding hydrogens is 244 g/mol. The van der Waals surface area contributed by atoms with Crippen LogP contribution < -0.4 is 0 Å². The van der Waals surface area contributed by atoms with Crippen molar-refractivity contribution in [3.05, 3.63) is 33.8 Å². The molecular formula is C11H11BrO2. The topological polar surface area (TPSA) is 26.3 Å². The smallest absolute Gasteiger partial charge is 0.313 e. The zero-order chi connectivity index (χ0) is 10.1. The second kappa shape index (κ2) is 3.73. The number of hydrogen-bond acceptors (Lipinski definition) is 2. The lowest BCUT2D eigenvalue weighted by atomic mass is 10.0. The predicted molar refractivity (Wildman–Crippen MR) is 57.2 cm³/mol. The summed E-state index contributed by atoms with van der Waals surface area (Å²) in [7, 11) is 1.44. The molecule has 0 saturated heterocycles. The molecule has 0 N–H and O–H groups in total. The van der Waals surface area contributed by atoms with Crippen LogP contribution in [0.15, 0.2) is 22.7 Å². The number of aryl methyl sites for hydroxylation is 1. The largest absolute Gasteiger partial charge is 0.469 e. The second-order valence-electron chi connectivity index (χ2n) is 3.46. The number of halogens is 1. The lowest BCUT2D eigenvalue weighted by Gasteiger charge is -2.08. The van der Waals surface area contributed by atoms with Gasteiger partial charge in [-0.1, -0.05) is 22.0 Å². The van der Waals surface area contributed by atoms with Crippen molar-refractivity contribution in [2.75, 3.05) is 7.11 Å². The average molecular weight is 255 g/mol. The summed E-state index contributed by atoms with van der Waals surface area (Å²) in [5.41, 5.74) is 2.38. The van der Waals surface area contributed by atoms with Gasteiger partial charge in [-0.05, 0) is 36.1 Å². The predicted octanol–water partition coefficient (Wildman–Crippen LogP) is 2.65. The van der Waals surface area contributed by atoms with Gasteiger partial charge < -0.3 is 4.74 Å². The molecule has 0 amide bonds. The van der Waals surface area contributed by atoms with Gasteiger partial charge in [-0.3, -0.25) is 4.79 Å². The van der Waals surface area contributed by atoms with Crippen molar-refractivity contribution in [3.8, 4) is 0 Å². The number of benzene rings is 1. The van der Waals surface area contributed by atoms with Crippen molar-refractivity contribution in [1.82, 2.24) is 0 Å². The quantitative estimate of drug-likeness (QED) is 0.721. The van der Waals surface area contributed by atoms with Crippen molar-refractivity contribution in [1.29, 1.82) is 0 Å². The monoisotopic (exact) mass is 254 g/mol. The van der Waals surface area contributed by atoms with E-state index in [0.717, 1.165) is 22.9 Å². The van der Waals surface area contributed by atoms with E-state index < -0.39 is 0 Å². The van der Waals surface area contributed by atoms with Crippen LogP contribution in [0.25, 0.3) is 0 Å². The van der Waals surface area contributed by atoms with Crippen LogP contribution in [-0.4, -0.2) is 13.1 Å². The van der Waals surface area contributed by atoms with Gasteiger partial charge in [0.1, 0.15) is 0 Å². The molecule has 1 aliphatic carbocycles. The first-order valence-corrected chi connectivity index (χ1v) is 5.38. The van der Waals surface area contributed by atoms with Gasteiger partial charge in [0.15, 0.2) is 0 Å². The van der Waals surface area contributed by atoms with E-state index in [1.54, 1.807) is 0 Å². The maximum absolute atomic E-state index is 11.5. The first-order chi connectivity index (χ1) is 6.72. The molecule has 0 aliphatic heterocycles. The number of fused-ring (bicyclic) bond motifs is 1. The Kier molecular flexibility index (Phi) is 2.59. The van der Waals surface area contributed by atoms with Gasteiger partial charge in [-0.15, -0.1) is 0 Å². The minimum absolute atomic E-state index is 0.0625. The van der Waals surface area contributed by atoms with Crippen LogP contribution in [0.4, 0.5) is 0 Å². The molecule has 1 aromatic carbocycles. The Hall–Kier alpha value is -0.830. The van der Waals surface area contributed by atoms with Crippen molar-refractivity contribution >= 4 is 21.9 Å². The summed E-state index contributed by atoms with van der Waals surface area (Å²) in [6.07, 6.45) is 1.85. The summed E-state index contributed by atoms with van der Waals surface area (Å²) >= 11 is 3.41. The lowest BCUT2D eigenvalue weighted by molar-refractivity contribution is -0.142. The fourth-order valence-corrected chi connectivity index (χ4v) is 2.34. The van der Waals surface area contributed by atoms with Gasteiger partial charge in [0.2, 0.25) is 0 Å². The molecule has 0 fully saturated rings. The molecule has 0 saturated carbocycles. The van der Waals surface area contributed by atoms with E-state index in [0.29, 0.717) is 0 Å². The fourth-order valence-electron chi connectivity index (χ4n) is 1.96. The van der Waals surface area contributed by atoms with Crippen LogP contribution in [-0.2, 0) is 16.0 Å². The summed E-state index contributed by atoms with van der Waals surface area (Å²) in [5, 5.41) is 0. The molecule has 0 heterocycles. The van der Waals surface area contributed by atoms with Crippen molar-refractivity contribution in [3.63, 3.8) is 0 Å². The van der Waals surface area contributed by atoms with E-state index in [1.807, 2.05) is 12.1 Å². The van der Waals surface area contributed by atoms with Crippen LogP contribution in [0.3, 0.4) is 0 Å². The zero-order valence-electron chi connectivity index (χ0n) is 7.92. The number of methoxy groups -OCH3 is 1. The highest BCUT2D eigenvalue weighted by molar-refractivity contribution is 9.10. The van der Waals surface area contributed by atoms with Crippen molar-refractivity contribution in [2.45, 2.75) is 18.8 Å². The third-order valence-electron chi connectivity index (χ3n) is 2.67. The maximum atomic E-state index is 11.5. The van der Waals surface area contributed by atoms with Gasteiger partial charge >= 0.3 is 5.97 Å². The van der Waals surface area contributed by atoms with E-state index in [4.69, 9.17) is 4.74 Å². The first-order valence-electron chi connectivity index (χ1n) is 4.58. The van der Waals surface area contributed by atoms with Gasteiger partial charge in [-0.25, -0.2) is 0 Å². The Morgan fingerprint density at radius 3 is 3.07 bits per heavy atom. The zero-order valence-corrected chi connectivity index (χ0v) is 9.50. The van der Waals surface area contributed by atoms with E-state index in [1.165, 1.54) is 12.7 Å². The lowest BCUT2D eigenvalue weighted by Crippen LogP contribution is -2.11. The molecule has 0 bridgehead atoms. The van der Waals surface area contributed by atoms with Crippen molar-refractivity contribution < 1.29 is 9.53 Å². The van der Waals surface area contributed by atoms with Crippen LogP contribution >= 0.6 is 15.9 Å². The third kappa shape index (κ3) is 1.57. The fraction of sp³-hybridized carbons (Fsp3) is 0.364. The Morgan fingerprint density at radius 2 is 2.36 bits per heavy atom. The Bertz CT molecular complexity index is 374. The molecule has 1 aromatic rings. The van der Waals surface area contributed by atoms with Crippen LogP contribution in [0.5, 0.6) is 0 Å². The summed E-state index contributed by atoms with van der Waals surface area (Å²) in [6, 6.07) is 6.10. The highest BCUT2D eigenvalue weighted by atomic mass is 79.9. The Balaban J connectivity index is 2.38. The van der Waals surface area contributed by atoms with E-state index in [9.17, 15) is 4.79 Å². The van der Waals surface area contributed by atoms with E-state index in [2.05, 4.69) is 22.0 Å². The average Bonchev–Trinajstić information content (AvgIpc) is 2.59. The molecule has 74 valence electrons. The molecule has 0 radical (unpaired) electrons. The van der Waals surface area contributed by atoms with Gasteiger partial charge in [0.25, 0.3) is 0 Å².